The van der Waals surface area contributed by atoms with E-state index in [-0.39, 0.29) is 11.9 Å². The molecular weight excluding hydrogens is 293 g/mol. The van der Waals surface area contributed by atoms with Gasteiger partial charge in [-0.2, -0.15) is 0 Å². The third-order valence-corrected chi connectivity index (χ3v) is 3.80. The van der Waals surface area contributed by atoms with Crippen LogP contribution in [-0.4, -0.2) is 0 Å². The highest BCUT2D eigenvalue weighted by molar-refractivity contribution is 9.10. The molecule has 2 aromatic rings. The molecule has 0 spiro atoms. The summed E-state index contributed by atoms with van der Waals surface area (Å²) in [6.07, 6.45) is 0. The Morgan fingerprint density at radius 3 is 2.56 bits per heavy atom. The fourth-order valence-corrected chi connectivity index (χ4v) is 2.14. The predicted molar refractivity (Wildman–Crippen MR) is 77.3 cm³/mol. The van der Waals surface area contributed by atoms with Crippen molar-refractivity contribution in [2.75, 3.05) is 5.32 Å². The number of hydrogen-bond donors (Lipinski definition) is 1. The van der Waals surface area contributed by atoms with E-state index >= 15 is 0 Å². The van der Waals surface area contributed by atoms with Crippen molar-refractivity contribution in [3.05, 3.63) is 63.9 Å². The number of rotatable bonds is 3. The van der Waals surface area contributed by atoms with Crippen LogP contribution in [0.15, 0.2) is 46.9 Å². The Balaban J connectivity index is 2.19. The van der Waals surface area contributed by atoms with E-state index in [0.29, 0.717) is 5.56 Å². The van der Waals surface area contributed by atoms with Crippen LogP contribution in [0.3, 0.4) is 0 Å². The standard InChI is InChI=1S/C15H15BrFN/c1-10-9-12(7-8-14(10)16)18-11(2)13-5-3-4-6-15(13)17/h3-9,11,18H,1-2H3. The van der Waals surface area contributed by atoms with Crippen molar-refractivity contribution in [1.29, 1.82) is 0 Å². The molecule has 0 radical (unpaired) electrons. The van der Waals surface area contributed by atoms with Gasteiger partial charge in [-0.3, -0.25) is 0 Å². The Morgan fingerprint density at radius 1 is 1.17 bits per heavy atom. The van der Waals surface area contributed by atoms with Gasteiger partial charge in [0.1, 0.15) is 5.82 Å². The molecule has 0 amide bonds. The molecule has 18 heavy (non-hydrogen) atoms. The Labute approximate surface area is 115 Å². The number of hydrogen-bond acceptors (Lipinski definition) is 1. The smallest absolute Gasteiger partial charge is 0.128 e. The van der Waals surface area contributed by atoms with Crippen molar-refractivity contribution in [1.82, 2.24) is 0 Å². The lowest BCUT2D eigenvalue weighted by atomic mass is 10.1. The second-order valence-electron chi connectivity index (χ2n) is 4.35. The third-order valence-electron chi connectivity index (χ3n) is 2.91. The topological polar surface area (TPSA) is 12.0 Å². The maximum absolute atomic E-state index is 13.6. The zero-order valence-electron chi connectivity index (χ0n) is 10.4. The minimum atomic E-state index is -0.175. The van der Waals surface area contributed by atoms with Gasteiger partial charge in [-0.05, 0) is 43.7 Å². The lowest BCUT2D eigenvalue weighted by Gasteiger charge is -2.17. The summed E-state index contributed by atoms with van der Waals surface area (Å²) in [4.78, 5) is 0. The van der Waals surface area contributed by atoms with Crippen LogP contribution in [0.25, 0.3) is 0 Å². The molecule has 3 heteroatoms. The number of nitrogens with one attached hydrogen (secondary N) is 1. The van der Waals surface area contributed by atoms with Crippen molar-refractivity contribution < 1.29 is 4.39 Å². The fourth-order valence-electron chi connectivity index (χ4n) is 1.89. The van der Waals surface area contributed by atoms with Gasteiger partial charge in [-0.1, -0.05) is 34.1 Å². The monoisotopic (exact) mass is 307 g/mol. The average Bonchev–Trinajstić information content (AvgIpc) is 2.34. The molecule has 1 nitrogen and oxygen atoms in total. The van der Waals surface area contributed by atoms with Gasteiger partial charge in [0.25, 0.3) is 0 Å². The molecule has 0 saturated carbocycles. The first-order chi connectivity index (χ1) is 8.58. The normalized spacial score (nSPS) is 12.2. The Hall–Kier alpha value is -1.35. The van der Waals surface area contributed by atoms with Crippen LogP contribution in [0, 0.1) is 12.7 Å². The maximum Gasteiger partial charge on any atom is 0.128 e. The van der Waals surface area contributed by atoms with Gasteiger partial charge in [-0.15, -0.1) is 0 Å². The number of aryl methyl sites for hydroxylation is 1. The Bertz CT molecular complexity index is 554. The summed E-state index contributed by atoms with van der Waals surface area (Å²) in [5.74, 6) is -0.175. The molecular formula is C15H15BrFN. The molecule has 2 aromatic carbocycles. The van der Waals surface area contributed by atoms with Crippen LogP contribution in [-0.2, 0) is 0 Å². The minimum absolute atomic E-state index is 0.0632. The van der Waals surface area contributed by atoms with Gasteiger partial charge in [-0.25, -0.2) is 4.39 Å². The molecule has 0 bridgehead atoms. The Morgan fingerprint density at radius 2 is 1.89 bits per heavy atom. The van der Waals surface area contributed by atoms with Gasteiger partial charge in [0.05, 0.1) is 6.04 Å². The van der Waals surface area contributed by atoms with Crippen LogP contribution < -0.4 is 5.32 Å². The molecule has 0 aliphatic rings. The third kappa shape index (κ3) is 2.91. The molecule has 0 aliphatic carbocycles. The first-order valence-corrected chi connectivity index (χ1v) is 6.64. The number of halogens is 2. The summed E-state index contributed by atoms with van der Waals surface area (Å²) in [7, 11) is 0. The highest BCUT2D eigenvalue weighted by atomic mass is 79.9. The van der Waals surface area contributed by atoms with Crippen molar-refractivity contribution >= 4 is 21.6 Å². The van der Waals surface area contributed by atoms with E-state index < -0.39 is 0 Å². The Kier molecular flexibility index (Phi) is 4.02. The van der Waals surface area contributed by atoms with E-state index in [1.54, 1.807) is 12.1 Å². The molecule has 0 aromatic heterocycles. The largest absolute Gasteiger partial charge is 0.378 e. The summed E-state index contributed by atoms with van der Waals surface area (Å²) >= 11 is 3.46. The van der Waals surface area contributed by atoms with Crippen molar-refractivity contribution in [2.45, 2.75) is 19.9 Å². The molecule has 1 N–H and O–H groups in total. The highest BCUT2D eigenvalue weighted by Crippen LogP contribution is 2.24. The van der Waals surface area contributed by atoms with Crippen LogP contribution in [0.5, 0.6) is 0 Å². The second kappa shape index (κ2) is 5.53. The quantitative estimate of drug-likeness (QED) is 0.834. The van der Waals surface area contributed by atoms with Crippen LogP contribution in [0.2, 0.25) is 0 Å². The van der Waals surface area contributed by atoms with Gasteiger partial charge in [0, 0.05) is 15.7 Å². The first kappa shape index (κ1) is 13.1. The zero-order chi connectivity index (χ0) is 13.1. The summed E-state index contributed by atoms with van der Waals surface area (Å²) in [5, 5.41) is 3.31. The molecule has 0 aliphatic heterocycles. The summed E-state index contributed by atoms with van der Waals surface area (Å²) in [6, 6.07) is 12.8. The number of benzene rings is 2. The van der Waals surface area contributed by atoms with Crippen molar-refractivity contribution in [3.8, 4) is 0 Å². The highest BCUT2D eigenvalue weighted by Gasteiger charge is 2.10. The van der Waals surface area contributed by atoms with Crippen LogP contribution in [0.4, 0.5) is 10.1 Å². The van der Waals surface area contributed by atoms with Crippen molar-refractivity contribution in [3.63, 3.8) is 0 Å². The molecule has 1 unspecified atom stereocenters. The predicted octanol–water partition coefficient (Wildman–Crippen LogP) is 5.07. The van der Waals surface area contributed by atoms with Gasteiger partial charge < -0.3 is 5.32 Å². The van der Waals surface area contributed by atoms with E-state index in [4.69, 9.17) is 0 Å². The minimum Gasteiger partial charge on any atom is -0.378 e. The van der Waals surface area contributed by atoms with E-state index in [2.05, 4.69) is 21.2 Å². The maximum atomic E-state index is 13.6. The molecule has 94 valence electrons. The van der Waals surface area contributed by atoms with Gasteiger partial charge in [0.15, 0.2) is 0 Å². The van der Waals surface area contributed by atoms with Crippen molar-refractivity contribution in [2.24, 2.45) is 0 Å². The molecule has 1 atom stereocenters. The SMILES string of the molecule is Cc1cc(NC(C)c2ccccc2F)ccc1Br. The molecule has 0 saturated heterocycles. The second-order valence-corrected chi connectivity index (χ2v) is 5.21. The van der Waals surface area contributed by atoms with E-state index in [9.17, 15) is 4.39 Å². The first-order valence-electron chi connectivity index (χ1n) is 5.85. The lowest BCUT2D eigenvalue weighted by molar-refractivity contribution is 0.600. The average molecular weight is 308 g/mol. The van der Waals surface area contributed by atoms with Gasteiger partial charge >= 0.3 is 0 Å². The zero-order valence-corrected chi connectivity index (χ0v) is 12.0. The van der Waals surface area contributed by atoms with E-state index in [1.165, 1.54) is 6.07 Å². The van der Waals surface area contributed by atoms with Gasteiger partial charge in [0.2, 0.25) is 0 Å². The fraction of sp³-hybridized carbons (Fsp3) is 0.200. The van der Waals surface area contributed by atoms with Crippen LogP contribution in [0.1, 0.15) is 24.1 Å². The molecule has 0 fully saturated rings. The molecule has 2 rings (SSSR count). The lowest BCUT2D eigenvalue weighted by Crippen LogP contribution is -2.08. The van der Waals surface area contributed by atoms with Crippen LogP contribution >= 0.6 is 15.9 Å². The summed E-state index contributed by atoms with van der Waals surface area (Å²) < 4.78 is 14.7. The molecule has 0 heterocycles. The summed E-state index contributed by atoms with van der Waals surface area (Å²) in [6.45, 7) is 3.98. The van der Waals surface area contributed by atoms with E-state index in [1.807, 2.05) is 38.1 Å². The van der Waals surface area contributed by atoms with E-state index in [0.717, 1.165) is 15.7 Å². The number of anilines is 1. The summed E-state index contributed by atoms with van der Waals surface area (Å²) in [5.41, 5.74) is 2.82.